The molecule has 0 saturated carbocycles. The first-order valence-corrected chi connectivity index (χ1v) is 9.82. The van der Waals surface area contributed by atoms with E-state index in [9.17, 15) is 18.0 Å². The van der Waals surface area contributed by atoms with Crippen LogP contribution in [0.2, 0.25) is 0 Å². The third kappa shape index (κ3) is 5.20. The zero-order valence-corrected chi connectivity index (χ0v) is 17.4. The predicted molar refractivity (Wildman–Crippen MR) is 111 cm³/mol. The lowest BCUT2D eigenvalue weighted by Crippen LogP contribution is -2.30. The number of aromatic nitrogens is 2. The molecule has 0 saturated heterocycles. The monoisotopic (exact) mass is 429 g/mol. The Morgan fingerprint density at radius 1 is 1.00 bits per heavy atom. The molecule has 1 aromatic heterocycles. The Balaban J connectivity index is 1.98. The van der Waals surface area contributed by atoms with Crippen molar-refractivity contribution in [3.8, 4) is 22.8 Å². The van der Waals surface area contributed by atoms with Crippen LogP contribution in [0, 0.1) is 6.92 Å². The van der Waals surface area contributed by atoms with Gasteiger partial charge in [0.2, 0.25) is 5.88 Å². The van der Waals surface area contributed by atoms with Crippen LogP contribution in [0.25, 0.3) is 11.1 Å². The van der Waals surface area contributed by atoms with E-state index >= 15 is 0 Å². The molecule has 0 fully saturated rings. The van der Waals surface area contributed by atoms with Crippen molar-refractivity contribution in [2.75, 3.05) is 13.1 Å². The van der Waals surface area contributed by atoms with Gasteiger partial charge in [-0.3, -0.25) is 4.79 Å². The Morgan fingerprint density at radius 3 is 2.39 bits per heavy atom. The minimum atomic E-state index is -4.47. The lowest BCUT2D eigenvalue weighted by Gasteiger charge is -2.19. The van der Waals surface area contributed by atoms with E-state index in [0.29, 0.717) is 41.2 Å². The van der Waals surface area contributed by atoms with Crippen molar-refractivity contribution in [2.24, 2.45) is 0 Å². The molecule has 0 aliphatic carbocycles. The van der Waals surface area contributed by atoms with Gasteiger partial charge in [0, 0.05) is 24.2 Å². The molecule has 0 N–H and O–H groups in total. The Bertz CT molecular complexity index is 1080. The molecule has 31 heavy (non-hydrogen) atoms. The number of ether oxygens (including phenoxy) is 1. The number of rotatable bonds is 6. The van der Waals surface area contributed by atoms with Gasteiger partial charge in [-0.15, -0.1) is 5.10 Å². The van der Waals surface area contributed by atoms with Crippen molar-refractivity contribution < 1.29 is 22.7 Å². The van der Waals surface area contributed by atoms with Crippen molar-refractivity contribution in [3.63, 3.8) is 0 Å². The standard InChI is InChI=1S/C23H22F3N3O2/c1-4-29(5-2)22(30)17-9-7-11-19(14-17)31-21-20(12-15(3)27-28-21)16-8-6-10-18(13-16)23(24,25)26/h6-14H,4-5H2,1-3H3. The molecule has 0 spiro atoms. The minimum absolute atomic E-state index is 0.0531. The summed E-state index contributed by atoms with van der Waals surface area (Å²) in [6.07, 6.45) is -4.47. The second-order valence-corrected chi connectivity index (χ2v) is 6.89. The lowest BCUT2D eigenvalue weighted by molar-refractivity contribution is -0.137. The summed E-state index contributed by atoms with van der Waals surface area (Å²) < 4.78 is 45.3. The van der Waals surface area contributed by atoms with E-state index in [2.05, 4.69) is 10.2 Å². The van der Waals surface area contributed by atoms with Gasteiger partial charge < -0.3 is 9.64 Å². The molecule has 0 unspecified atom stereocenters. The summed E-state index contributed by atoms with van der Waals surface area (Å²) in [5, 5.41) is 8.01. The topological polar surface area (TPSA) is 55.3 Å². The van der Waals surface area contributed by atoms with Crippen molar-refractivity contribution in [1.82, 2.24) is 15.1 Å². The van der Waals surface area contributed by atoms with Crippen LogP contribution in [-0.4, -0.2) is 34.1 Å². The van der Waals surface area contributed by atoms with Gasteiger partial charge in [-0.1, -0.05) is 18.2 Å². The average molecular weight is 429 g/mol. The number of hydrogen-bond acceptors (Lipinski definition) is 4. The highest BCUT2D eigenvalue weighted by atomic mass is 19.4. The van der Waals surface area contributed by atoms with Crippen LogP contribution in [-0.2, 0) is 6.18 Å². The van der Waals surface area contributed by atoms with Crippen LogP contribution < -0.4 is 4.74 Å². The summed E-state index contributed by atoms with van der Waals surface area (Å²) >= 11 is 0. The number of aryl methyl sites for hydroxylation is 1. The summed E-state index contributed by atoms with van der Waals surface area (Å²) in [7, 11) is 0. The summed E-state index contributed by atoms with van der Waals surface area (Å²) in [5.74, 6) is 0.255. The molecule has 3 aromatic rings. The maximum Gasteiger partial charge on any atom is 0.416 e. The Kier molecular flexibility index (Phi) is 6.58. The van der Waals surface area contributed by atoms with Gasteiger partial charge in [-0.2, -0.15) is 18.3 Å². The van der Waals surface area contributed by atoms with Crippen molar-refractivity contribution in [2.45, 2.75) is 26.9 Å². The van der Waals surface area contributed by atoms with Crippen molar-refractivity contribution in [3.05, 3.63) is 71.4 Å². The normalized spacial score (nSPS) is 11.3. The molecule has 1 heterocycles. The highest BCUT2D eigenvalue weighted by Crippen LogP contribution is 2.36. The number of carbonyl (C=O) groups excluding carboxylic acids is 1. The van der Waals surface area contributed by atoms with Crippen LogP contribution in [0.1, 0.15) is 35.5 Å². The smallest absolute Gasteiger partial charge is 0.416 e. The maximum absolute atomic E-state index is 13.2. The van der Waals surface area contributed by atoms with Gasteiger partial charge in [0.25, 0.3) is 5.91 Å². The van der Waals surface area contributed by atoms with Gasteiger partial charge in [0.15, 0.2) is 0 Å². The molecule has 3 rings (SSSR count). The van der Waals surface area contributed by atoms with E-state index in [1.165, 1.54) is 6.07 Å². The van der Waals surface area contributed by atoms with E-state index in [4.69, 9.17) is 4.74 Å². The Hall–Kier alpha value is -3.42. The average Bonchev–Trinajstić information content (AvgIpc) is 2.75. The van der Waals surface area contributed by atoms with Crippen LogP contribution in [0.3, 0.4) is 0 Å². The summed E-state index contributed by atoms with van der Waals surface area (Å²) in [5.41, 5.74) is 0.890. The van der Waals surface area contributed by atoms with Gasteiger partial charge in [-0.25, -0.2) is 0 Å². The molecule has 0 aliphatic heterocycles. The van der Waals surface area contributed by atoms with E-state index in [-0.39, 0.29) is 11.8 Å². The van der Waals surface area contributed by atoms with Gasteiger partial charge in [0.05, 0.1) is 11.3 Å². The highest BCUT2D eigenvalue weighted by Gasteiger charge is 2.30. The second kappa shape index (κ2) is 9.16. The number of hydrogen-bond donors (Lipinski definition) is 0. The fourth-order valence-electron chi connectivity index (χ4n) is 3.12. The first-order chi connectivity index (χ1) is 14.7. The second-order valence-electron chi connectivity index (χ2n) is 6.89. The van der Waals surface area contributed by atoms with E-state index < -0.39 is 11.7 Å². The van der Waals surface area contributed by atoms with Gasteiger partial charge in [0.1, 0.15) is 5.75 Å². The van der Waals surface area contributed by atoms with Crippen LogP contribution in [0.4, 0.5) is 13.2 Å². The number of carbonyl (C=O) groups is 1. The number of alkyl halides is 3. The lowest BCUT2D eigenvalue weighted by atomic mass is 10.0. The molecule has 0 atom stereocenters. The van der Waals surface area contributed by atoms with Gasteiger partial charge >= 0.3 is 6.18 Å². The molecule has 1 amide bonds. The fourth-order valence-corrected chi connectivity index (χ4v) is 3.12. The molecular formula is C23H22F3N3O2. The van der Waals surface area contributed by atoms with E-state index in [1.54, 1.807) is 48.2 Å². The third-order valence-electron chi connectivity index (χ3n) is 4.73. The fraction of sp³-hybridized carbons (Fsp3) is 0.261. The van der Waals surface area contributed by atoms with Crippen LogP contribution in [0.15, 0.2) is 54.6 Å². The predicted octanol–water partition coefficient (Wildman–Crippen LogP) is 5.75. The van der Waals surface area contributed by atoms with Crippen molar-refractivity contribution >= 4 is 5.91 Å². The molecule has 5 nitrogen and oxygen atoms in total. The van der Waals surface area contributed by atoms with Gasteiger partial charge in [-0.05, 0) is 62.7 Å². The molecule has 0 radical (unpaired) electrons. The zero-order chi connectivity index (χ0) is 22.6. The van der Waals surface area contributed by atoms with Crippen molar-refractivity contribution in [1.29, 1.82) is 0 Å². The molecule has 2 aromatic carbocycles. The van der Waals surface area contributed by atoms with Crippen LogP contribution in [0.5, 0.6) is 11.6 Å². The number of benzene rings is 2. The number of amides is 1. The summed E-state index contributed by atoms with van der Waals surface area (Å²) in [6, 6.07) is 13.1. The largest absolute Gasteiger partial charge is 0.437 e. The number of halogens is 3. The quantitative estimate of drug-likeness (QED) is 0.501. The molecule has 0 bridgehead atoms. The van der Waals surface area contributed by atoms with Crippen LogP contribution >= 0.6 is 0 Å². The number of nitrogens with zero attached hydrogens (tertiary/aromatic N) is 3. The van der Waals surface area contributed by atoms with E-state index in [0.717, 1.165) is 12.1 Å². The third-order valence-corrected chi connectivity index (χ3v) is 4.73. The molecule has 8 heteroatoms. The summed E-state index contributed by atoms with van der Waals surface area (Å²) in [6.45, 7) is 6.63. The SMILES string of the molecule is CCN(CC)C(=O)c1cccc(Oc2nnc(C)cc2-c2cccc(C(F)(F)F)c2)c1. The first kappa shape index (κ1) is 22.3. The molecule has 0 aliphatic rings. The Labute approximate surface area is 178 Å². The van der Waals surface area contributed by atoms with E-state index in [1.807, 2.05) is 13.8 Å². The molecular weight excluding hydrogens is 407 g/mol. The minimum Gasteiger partial charge on any atom is -0.437 e. The maximum atomic E-state index is 13.2. The zero-order valence-electron chi connectivity index (χ0n) is 17.4. The molecule has 162 valence electrons. The Morgan fingerprint density at radius 2 is 1.71 bits per heavy atom. The first-order valence-electron chi connectivity index (χ1n) is 9.82. The highest BCUT2D eigenvalue weighted by molar-refractivity contribution is 5.94. The summed E-state index contributed by atoms with van der Waals surface area (Å²) in [4.78, 5) is 14.3.